The highest BCUT2D eigenvalue weighted by molar-refractivity contribution is 5.83. The minimum absolute atomic E-state index is 0.126. The first-order valence-corrected chi connectivity index (χ1v) is 9.81. The molecule has 4 rings (SSSR count). The van der Waals surface area contributed by atoms with E-state index in [1.807, 2.05) is 30.3 Å². The molecule has 3 aromatic rings. The maximum atomic E-state index is 12.1. The van der Waals surface area contributed by atoms with E-state index in [-0.39, 0.29) is 17.3 Å². The zero-order chi connectivity index (χ0) is 22.0. The Hall–Kier alpha value is -3.52. The lowest BCUT2D eigenvalue weighted by atomic mass is 10.1. The van der Waals surface area contributed by atoms with Crippen molar-refractivity contribution in [2.45, 2.75) is 37.9 Å². The average Bonchev–Trinajstić information content (AvgIpc) is 3.31. The number of carbonyl (C=O) groups is 1. The summed E-state index contributed by atoms with van der Waals surface area (Å²) in [6, 6.07) is 9.74. The molecule has 1 fully saturated rings. The van der Waals surface area contributed by atoms with Crippen LogP contribution in [0.1, 0.15) is 24.5 Å². The number of aromatic nitrogens is 4. The summed E-state index contributed by atoms with van der Waals surface area (Å²) in [5, 5.41) is 23.3. The van der Waals surface area contributed by atoms with Crippen LogP contribution in [0.25, 0.3) is 11.2 Å². The molecule has 31 heavy (non-hydrogen) atoms. The summed E-state index contributed by atoms with van der Waals surface area (Å²) in [5.41, 5.74) is 7.66. The standard InChI is InChI=1S/C21H22N6O4/c1-2-23-20(30)17-15(28)16(29)21(31-17)27-11-24-14-18(22)25-13(26-19(14)27)10-6-9-12-7-4-3-5-8-12/h3-5,7-8,11,15-17,21,28-29H,2,9H2,1H3,(H,23,30)(H2,22,25,26)/t15-,16+,17-,21?/m0/s1. The third kappa shape index (κ3) is 4.06. The summed E-state index contributed by atoms with van der Waals surface area (Å²) in [7, 11) is 0. The molecule has 1 aromatic carbocycles. The predicted octanol–water partition coefficient (Wildman–Crippen LogP) is -0.242. The van der Waals surface area contributed by atoms with Crippen molar-refractivity contribution in [2.75, 3.05) is 12.3 Å². The fourth-order valence-corrected chi connectivity index (χ4v) is 3.38. The molecule has 0 radical (unpaired) electrons. The van der Waals surface area contributed by atoms with Gasteiger partial charge in [-0.1, -0.05) is 36.3 Å². The van der Waals surface area contributed by atoms with E-state index >= 15 is 0 Å². The van der Waals surface area contributed by atoms with Crippen molar-refractivity contribution in [3.63, 3.8) is 0 Å². The van der Waals surface area contributed by atoms with E-state index < -0.39 is 30.4 Å². The van der Waals surface area contributed by atoms with E-state index in [0.29, 0.717) is 18.5 Å². The van der Waals surface area contributed by atoms with E-state index in [1.54, 1.807) is 6.92 Å². The van der Waals surface area contributed by atoms with Crippen LogP contribution in [0.4, 0.5) is 5.82 Å². The van der Waals surface area contributed by atoms with Crippen LogP contribution in [-0.4, -0.2) is 60.5 Å². The number of ether oxygens (including phenoxy) is 1. The maximum absolute atomic E-state index is 12.1. The first-order valence-electron chi connectivity index (χ1n) is 9.81. The molecule has 10 nitrogen and oxygen atoms in total. The SMILES string of the molecule is CCNC(=O)[C@H]1OC(n2cnc3c(N)nc(C#CCc4ccccc4)nc32)[C@H](O)[C@@H]1O. The van der Waals surface area contributed by atoms with Crippen molar-refractivity contribution in [2.24, 2.45) is 0 Å². The zero-order valence-corrected chi connectivity index (χ0v) is 16.8. The van der Waals surface area contributed by atoms with Gasteiger partial charge in [-0.15, -0.1) is 0 Å². The number of nitrogens with zero attached hydrogens (tertiary/aromatic N) is 4. The van der Waals surface area contributed by atoms with Gasteiger partial charge in [-0.3, -0.25) is 9.36 Å². The number of benzene rings is 1. The number of nitrogen functional groups attached to an aromatic ring is 1. The lowest BCUT2D eigenvalue weighted by molar-refractivity contribution is -0.137. The highest BCUT2D eigenvalue weighted by Crippen LogP contribution is 2.32. The Morgan fingerprint density at radius 1 is 1.26 bits per heavy atom. The van der Waals surface area contributed by atoms with Gasteiger partial charge in [-0.2, -0.15) is 0 Å². The Morgan fingerprint density at radius 2 is 2.03 bits per heavy atom. The van der Waals surface area contributed by atoms with Crippen LogP contribution in [0.5, 0.6) is 0 Å². The Morgan fingerprint density at radius 3 is 2.77 bits per heavy atom. The van der Waals surface area contributed by atoms with Crippen LogP contribution >= 0.6 is 0 Å². The molecule has 4 atom stereocenters. The lowest BCUT2D eigenvalue weighted by Gasteiger charge is -2.16. The molecule has 160 valence electrons. The molecule has 0 aliphatic carbocycles. The lowest BCUT2D eigenvalue weighted by Crippen LogP contribution is -2.42. The fraction of sp³-hybridized carbons (Fsp3) is 0.333. The van der Waals surface area contributed by atoms with Crippen LogP contribution in [0.3, 0.4) is 0 Å². The predicted molar refractivity (Wildman–Crippen MR) is 111 cm³/mol. The number of likely N-dealkylation sites (N-methyl/N-ethyl adjacent to an activating group) is 1. The fourth-order valence-electron chi connectivity index (χ4n) is 3.38. The molecule has 1 saturated heterocycles. The first kappa shape index (κ1) is 20.7. The van der Waals surface area contributed by atoms with Gasteiger partial charge in [-0.05, 0) is 18.4 Å². The molecule has 1 aliphatic rings. The number of fused-ring (bicyclic) bond motifs is 1. The number of amides is 1. The maximum Gasteiger partial charge on any atom is 0.252 e. The number of aliphatic hydroxyl groups is 2. The number of aliphatic hydroxyl groups excluding tert-OH is 2. The quantitative estimate of drug-likeness (QED) is 0.421. The van der Waals surface area contributed by atoms with Gasteiger partial charge < -0.3 is 26.0 Å². The molecule has 1 aliphatic heterocycles. The summed E-state index contributed by atoms with van der Waals surface area (Å²) < 4.78 is 7.06. The van der Waals surface area contributed by atoms with Gasteiger partial charge in [0.05, 0.1) is 6.33 Å². The minimum Gasteiger partial charge on any atom is -0.387 e. The zero-order valence-electron chi connectivity index (χ0n) is 16.8. The van der Waals surface area contributed by atoms with Crippen molar-refractivity contribution < 1.29 is 19.7 Å². The van der Waals surface area contributed by atoms with E-state index in [9.17, 15) is 15.0 Å². The summed E-state index contributed by atoms with van der Waals surface area (Å²) in [6.07, 6.45) is -3.18. The second kappa shape index (κ2) is 8.69. The van der Waals surface area contributed by atoms with Crippen molar-refractivity contribution in [1.82, 2.24) is 24.8 Å². The van der Waals surface area contributed by atoms with Gasteiger partial charge in [0.2, 0.25) is 5.82 Å². The van der Waals surface area contributed by atoms with Gasteiger partial charge in [0.1, 0.15) is 17.7 Å². The monoisotopic (exact) mass is 422 g/mol. The molecule has 5 N–H and O–H groups in total. The molecule has 2 aromatic heterocycles. The van der Waals surface area contributed by atoms with E-state index in [4.69, 9.17) is 10.5 Å². The van der Waals surface area contributed by atoms with Crippen molar-refractivity contribution >= 4 is 22.9 Å². The number of rotatable bonds is 4. The second-order valence-electron chi connectivity index (χ2n) is 7.04. The van der Waals surface area contributed by atoms with Crippen molar-refractivity contribution in [3.05, 3.63) is 48.0 Å². The Labute approximate surface area is 178 Å². The topological polar surface area (TPSA) is 148 Å². The Bertz CT molecular complexity index is 1150. The van der Waals surface area contributed by atoms with Gasteiger partial charge >= 0.3 is 0 Å². The highest BCUT2D eigenvalue weighted by atomic mass is 16.6. The largest absolute Gasteiger partial charge is 0.387 e. The van der Waals surface area contributed by atoms with Crippen LogP contribution in [0.15, 0.2) is 36.7 Å². The smallest absolute Gasteiger partial charge is 0.252 e. The number of hydrogen-bond donors (Lipinski definition) is 4. The summed E-state index contributed by atoms with van der Waals surface area (Å²) in [6.45, 7) is 2.12. The van der Waals surface area contributed by atoms with Gasteiger partial charge in [0.25, 0.3) is 5.91 Å². The molecule has 0 bridgehead atoms. The third-order valence-corrected chi connectivity index (χ3v) is 4.91. The average molecular weight is 422 g/mol. The van der Waals surface area contributed by atoms with Crippen molar-refractivity contribution in [3.8, 4) is 11.8 Å². The van der Waals surface area contributed by atoms with Gasteiger partial charge in [0.15, 0.2) is 23.8 Å². The van der Waals surface area contributed by atoms with Crippen LogP contribution in [0, 0.1) is 11.8 Å². The number of anilines is 1. The molecule has 0 saturated carbocycles. The number of imidazole rings is 1. The van der Waals surface area contributed by atoms with E-state index in [0.717, 1.165) is 5.56 Å². The number of carbonyl (C=O) groups excluding carboxylic acids is 1. The summed E-state index contributed by atoms with van der Waals surface area (Å²) >= 11 is 0. The molecule has 3 heterocycles. The number of nitrogens with one attached hydrogen (secondary N) is 1. The highest BCUT2D eigenvalue weighted by Gasteiger charge is 2.47. The summed E-state index contributed by atoms with van der Waals surface area (Å²) in [5.74, 6) is 5.70. The molecule has 0 spiro atoms. The number of hydrogen-bond acceptors (Lipinski definition) is 8. The van der Waals surface area contributed by atoms with Crippen LogP contribution in [0.2, 0.25) is 0 Å². The number of nitrogens with two attached hydrogens (primary N) is 1. The third-order valence-electron chi connectivity index (χ3n) is 4.91. The normalized spacial score (nSPS) is 22.8. The minimum atomic E-state index is -1.40. The molecule has 1 amide bonds. The summed E-state index contributed by atoms with van der Waals surface area (Å²) in [4.78, 5) is 24.9. The van der Waals surface area contributed by atoms with Gasteiger partial charge in [0, 0.05) is 13.0 Å². The van der Waals surface area contributed by atoms with Crippen LogP contribution in [-0.2, 0) is 16.0 Å². The first-order chi connectivity index (χ1) is 15.0. The molecular formula is C21H22N6O4. The van der Waals surface area contributed by atoms with E-state index in [2.05, 4.69) is 32.1 Å². The Kier molecular flexibility index (Phi) is 5.81. The van der Waals surface area contributed by atoms with Gasteiger partial charge in [-0.25, -0.2) is 15.0 Å². The molecular weight excluding hydrogens is 400 g/mol. The molecule has 10 heteroatoms. The second-order valence-corrected chi connectivity index (χ2v) is 7.04. The van der Waals surface area contributed by atoms with Crippen molar-refractivity contribution in [1.29, 1.82) is 0 Å². The van der Waals surface area contributed by atoms with Crippen LogP contribution < -0.4 is 11.1 Å². The Balaban J connectivity index is 1.63. The molecule has 1 unspecified atom stereocenters. The van der Waals surface area contributed by atoms with E-state index in [1.165, 1.54) is 10.9 Å².